The van der Waals surface area contributed by atoms with E-state index in [0.29, 0.717) is 0 Å². The number of anilines is 1. The first-order valence-electron chi connectivity index (χ1n) is 4.91. The molecular formula is C11H14N2S2. The molecule has 4 heteroatoms. The highest BCUT2D eigenvalue weighted by molar-refractivity contribution is 7.10. The predicted molar refractivity (Wildman–Crippen MR) is 68.5 cm³/mol. The summed E-state index contributed by atoms with van der Waals surface area (Å²) in [5.74, 6) is 0. The standard InChI is InChI=1S/C11H14N2S2/c12-10-4-7-15-11(10)8-13-5-3-9-2-1-6-14-9/h1-2,4,6-7,13H,3,5,8,12H2. The number of nitrogens with two attached hydrogens (primary N) is 1. The first kappa shape index (κ1) is 10.7. The molecule has 3 N–H and O–H groups in total. The third kappa shape index (κ3) is 3.06. The van der Waals surface area contributed by atoms with Gasteiger partial charge in [0.15, 0.2) is 0 Å². The highest BCUT2D eigenvalue weighted by Crippen LogP contribution is 2.18. The van der Waals surface area contributed by atoms with Gasteiger partial charge in [-0.2, -0.15) is 0 Å². The van der Waals surface area contributed by atoms with Gasteiger partial charge in [-0.05, 0) is 29.3 Å². The molecule has 2 aromatic heterocycles. The molecule has 15 heavy (non-hydrogen) atoms. The second kappa shape index (κ2) is 5.30. The van der Waals surface area contributed by atoms with Crippen molar-refractivity contribution in [2.24, 2.45) is 0 Å². The summed E-state index contributed by atoms with van der Waals surface area (Å²) in [6.07, 6.45) is 1.10. The zero-order valence-corrected chi connectivity index (χ0v) is 10.0. The lowest BCUT2D eigenvalue weighted by atomic mass is 10.3. The third-order valence-corrected chi connectivity index (χ3v) is 4.07. The molecule has 0 saturated heterocycles. The van der Waals surface area contributed by atoms with Crippen LogP contribution < -0.4 is 11.1 Å². The molecule has 0 amide bonds. The number of nitrogen functional groups attached to an aromatic ring is 1. The Morgan fingerprint density at radius 1 is 1.20 bits per heavy atom. The van der Waals surface area contributed by atoms with E-state index in [2.05, 4.69) is 22.8 Å². The lowest BCUT2D eigenvalue weighted by Gasteiger charge is -2.02. The SMILES string of the molecule is Nc1ccsc1CNCCc1cccs1. The molecular weight excluding hydrogens is 224 g/mol. The van der Waals surface area contributed by atoms with Crippen molar-refractivity contribution < 1.29 is 0 Å². The number of rotatable bonds is 5. The molecule has 0 spiro atoms. The molecule has 0 radical (unpaired) electrons. The van der Waals surface area contributed by atoms with Gasteiger partial charge in [-0.1, -0.05) is 6.07 Å². The Balaban J connectivity index is 1.70. The Morgan fingerprint density at radius 2 is 2.13 bits per heavy atom. The monoisotopic (exact) mass is 238 g/mol. The molecule has 80 valence electrons. The van der Waals surface area contributed by atoms with Gasteiger partial charge in [-0.25, -0.2) is 0 Å². The Hall–Kier alpha value is -0.840. The van der Waals surface area contributed by atoms with Gasteiger partial charge in [-0.3, -0.25) is 0 Å². The highest BCUT2D eigenvalue weighted by Gasteiger charge is 1.99. The summed E-state index contributed by atoms with van der Waals surface area (Å²) in [6.45, 7) is 1.90. The molecule has 0 atom stereocenters. The molecule has 0 aliphatic rings. The van der Waals surface area contributed by atoms with Crippen LogP contribution in [0.15, 0.2) is 29.0 Å². The van der Waals surface area contributed by atoms with Crippen LogP contribution in [-0.2, 0) is 13.0 Å². The van der Waals surface area contributed by atoms with Crippen LogP contribution in [-0.4, -0.2) is 6.54 Å². The summed E-state index contributed by atoms with van der Waals surface area (Å²) < 4.78 is 0. The van der Waals surface area contributed by atoms with E-state index in [1.807, 2.05) is 22.8 Å². The van der Waals surface area contributed by atoms with E-state index in [-0.39, 0.29) is 0 Å². The Bertz CT molecular complexity index is 392. The molecule has 2 heterocycles. The average Bonchev–Trinajstić information content (AvgIpc) is 2.85. The highest BCUT2D eigenvalue weighted by atomic mass is 32.1. The number of hydrogen-bond acceptors (Lipinski definition) is 4. The maximum Gasteiger partial charge on any atom is 0.0468 e. The molecule has 0 aromatic carbocycles. The van der Waals surface area contributed by atoms with Crippen molar-refractivity contribution in [3.05, 3.63) is 38.7 Å². The maximum atomic E-state index is 5.79. The van der Waals surface area contributed by atoms with Crippen molar-refractivity contribution >= 4 is 28.4 Å². The summed E-state index contributed by atoms with van der Waals surface area (Å²) in [4.78, 5) is 2.67. The van der Waals surface area contributed by atoms with Gasteiger partial charge in [0.25, 0.3) is 0 Å². The number of hydrogen-bond donors (Lipinski definition) is 2. The first-order valence-corrected chi connectivity index (χ1v) is 6.67. The van der Waals surface area contributed by atoms with Gasteiger partial charge < -0.3 is 11.1 Å². The van der Waals surface area contributed by atoms with Gasteiger partial charge >= 0.3 is 0 Å². The molecule has 2 rings (SSSR count). The van der Waals surface area contributed by atoms with Crippen LogP contribution in [0.4, 0.5) is 5.69 Å². The van der Waals surface area contributed by atoms with E-state index < -0.39 is 0 Å². The number of thiophene rings is 2. The van der Waals surface area contributed by atoms with Crippen molar-refractivity contribution in [3.63, 3.8) is 0 Å². The Kier molecular flexibility index (Phi) is 3.77. The third-order valence-electron chi connectivity index (χ3n) is 2.19. The van der Waals surface area contributed by atoms with E-state index in [4.69, 9.17) is 5.73 Å². The molecule has 0 unspecified atom stereocenters. The zero-order chi connectivity index (χ0) is 10.5. The molecule has 0 aliphatic heterocycles. The van der Waals surface area contributed by atoms with Crippen molar-refractivity contribution in [2.45, 2.75) is 13.0 Å². The van der Waals surface area contributed by atoms with E-state index in [1.54, 1.807) is 11.3 Å². The zero-order valence-electron chi connectivity index (χ0n) is 8.40. The minimum atomic E-state index is 0.884. The van der Waals surface area contributed by atoms with E-state index in [0.717, 1.165) is 25.2 Å². The quantitative estimate of drug-likeness (QED) is 0.786. The lowest BCUT2D eigenvalue weighted by molar-refractivity contribution is 0.698. The largest absolute Gasteiger partial charge is 0.398 e. The minimum Gasteiger partial charge on any atom is -0.398 e. The second-order valence-corrected chi connectivity index (χ2v) is 5.34. The summed E-state index contributed by atoms with van der Waals surface area (Å²) in [5, 5.41) is 7.55. The van der Waals surface area contributed by atoms with Crippen molar-refractivity contribution in [2.75, 3.05) is 12.3 Å². The fourth-order valence-electron chi connectivity index (χ4n) is 1.36. The van der Waals surface area contributed by atoms with E-state index >= 15 is 0 Å². The van der Waals surface area contributed by atoms with Gasteiger partial charge in [0.2, 0.25) is 0 Å². The Morgan fingerprint density at radius 3 is 2.80 bits per heavy atom. The smallest absolute Gasteiger partial charge is 0.0468 e. The van der Waals surface area contributed by atoms with Gasteiger partial charge in [0, 0.05) is 28.5 Å². The first-order chi connectivity index (χ1) is 7.36. The molecule has 0 fully saturated rings. The molecule has 0 aliphatic carbocycles. The Labute approximate surface area is 97.8 Å². The van der Waals surface area contributed by atoms with E-state index in [9.17, 15) is 0 Å². The van der Waals surface area contributed by atoms with Crippen LogP contribution in [0.25, 0.3) is 0 Å². The summed E-state index contributed by atoms with van der Waals surface area (Å²) >= 11 is 3.52. The van der Waals surface area contributed by atoms with Crippen LogP contribution in [0.2, 0.25) is 0 Å². The molecule has 2 nitrogen and oxygen atoms in total. The van der Waals surface area contributed by atoms with Gasteiger partial charge in [0.1, 0.15) is 0 Å². The predicted octanol–water partition coefficient (Wildman–Crippen LogP) is 2.72. The average molecular weight is 238 g/mol. The van der Waals surface area contributed by atoms with Crippen molar-refractivity contribution in [1.29, 1.82) is 0 Å². The van der Waals surface area contributed by atoms with Crippen LogP contribution >= 0.6 is 22.7 Å². The summed E-state index contributed by atoms with van der Waals surface area (Å²) in [5.41, 5.74) is 6.70. The summed E-state index contributed by atoms with van der Waals surface area (Å²) in [6, 6.07) is 6.23. The second-order valence-electron chi connectivity index (χ2n) is 3.31. The normalized spacial score (nSPS) is 10.7. The van der Waals surface area contributed by atoms with E-state index in [1.165, 1.54) is 9.75 Å². The van der Waals surface area contributed by atoms with Crippen molar-refractivity contribution in [1.82, 2.24) is 5.32 Å². The fourth-order valence-corrected chi connectivity index (χ4v) is 2.84. The van der Waals surface area contributed by atoms with Crippen LogP contribution in [0.3, 0.4) is 0 Å². The van der Waals surface area contributed by atoms with Crippen LogP contribution in [0, 0.1) is 0 Å². The van der Waals surface area contributed by atoms with Crippen molar-refractivity contribution in [3.8, 4) is 0 Å². The van der Waals surface area contributed by atoms with Crippen LogP contribution in [0.5, 0.6) is 0 Å². The lowest BCUT2D eigenvalue weighted by Crippen LogP contribution is -2.16. The number of nitrogens with one attached hydrogen (secondary N) is 1. The summed E-state index contributed by atoms with van der Waals surface area (Å²) in [7, 11) is 0. The van der Waals surface area contributed by atoms with Gasteiger partial charge in [0.05, 0.1) is 0 Å². The van der Waals surface area contributed by atoms with Gasteiger partial charge in [-0.15, -0.1) is 22.7 Å². The fraction of sp³-hybridized carbons (Fsp3) is 0.273. The molecule has 0 saturated carbocycles. The molecule has 2 aromatic rings. The maximum absolute atomic E-state index is 5.79. The van der Waals surface area contributed by atoms with Crippen LogP contribution in [0.1, 0.15) is 9.75 Å². The minimum absolute atomic E-state index is 0.884. The topological polar surface area (TPSA) is 38.0 Å². The molecule has 0 bridgehead atoms.